The summed E-state index contributed by atoms with van der Waals surface area (Å²) >= 11 is 0. The van der Waals surface area contributed by atoms with Crippen LogP contribution in [0.4, 0.5) is 0 Å². The van der Waals surface area contributed by atoms with Crippen LogP contribution in [0, 0.1) is 23.7 Å². The molecular formula is C13H17NO5S. The minimum atomic E-state index is -3.04. The molecule has 110 valence electrons. The number of carboxylic acid groups (broad SMARTS) is 1. The Bertz CT molecular complexity index is 568. The second kappa shape index (κ2) is 4.58. The summed E-state index contributed by atoms with van der Waals surface area (Å²) in [5, 5.41) is 9.34. The Morgan fingerprint density at radius 3 is 2.15 bits per heavy atom. The van der Waals surface area contributed by atoms with Crippen molar-refractivity contribution in [2.45, 2.75) is 6.42 Å². The first-order valence-corrected chi connectivity index (χ1v) is 8.61. The van der Waals surface area contributed by atoms with Crippen molar-refractivity contribution in [2.24, 2.45) is 23.7 Å². The van der Waals surface area contributed by atoms with Crippen molar-refractivity contribution in [1.29, 1.82) is 0 Å². The Balaban J connectivity index is 1.77. The molecule has 2 fully saturated rings. The zero-order valence-electron chi connectivity index (χ0n) is 10.9. The molecule has 4 atom stereocenters. The molecular weight excluding hydrogens is 282 g/mol. The molecule has 3 rings (SSSR count). The van der Waals surface area contributed by atoms with Gasteiger partial charge in [-0.2, -0.15) is 0 Å². The number of hydrogen-bond donors (Lipinski definition) is 1. The number of amides is 1. The van der Waals surface area contributed by atoms with E-state index in [9.17, 15) is 23.1 Å². The highest BCUT2D eigenvalue weighted by Crippen LogP contribution is 2.48. The van der Waals surface area contributed by atoms with E-state index < -0.39 is 27.6 Å². The van der Waals surface area contributed by atoms with E-state index in [-0.39, 0.29) is 42.3 Å². The second-order valence-electron chi connectivity index (χ2n) is 5.82. The maximum Gasteiger partial charge on any atom is 0.307 e. The van der Waals surface area contributed by atoms with Crippen LogP contribution >= 0.6 is 0 Å². The molecule has 1 aliphatic heterocycles. The largest absolute Gasteiger partial charge is 0.481 e. The van der Waals surface area contributed by atoms with Gasteiger partial charge in [0.15, 0.2) is 9.84 Å². The van der Waals surface area contributed by atoms with Gasteiger partial charge in [0.25, 0.3) is 0 Å². The molecule has 2 unspecified atom stereocenters. The summed E-state index contributed by atoms with van der Waals surface area (Å²) in [6.07, 6.45) is 4.56. The van der Waals surface area contributed by atoms with E-state index >= 15 is 0 Å². The van der Waals surface area contributed by atoms with Gasteiger partial charge in [-0.3, -0.25) is 9.59 Å². The lowest BCUT2D eigenvalue weighted by atomic mass is 9.82. The number of fused-ring (bicyclic) bond motifs is 2. The first kappa shape index (κ1) is 13.6. The van der Waals surface area contributed by atoms with Crippen LogP contribution in [-0.4, -0.2) is 54.9 Å². The van der Waals surface area contributed by atoms with E-state index in [1.165, 1.54) is 4.90 Å². The van der Waals surface area contributed by atoms with Crippen LogP contribution in [0.2, 0.25) is 0 Å². The first-order valence-electron chi connectivity index (χ1n) is 6.79. The summed E-state index contributed by atoms with van der Waals surface area (Å²) in [5.74, 6) is -2.40. The van der Waals surface area contributed by atoms with E-state index in [1.54, 1.807) is 0 Å². The Labute approximate surface area is 117 Å². The summed E-state index contributed by atoms with van der Waals surface area (Å²) in [4.78, 5) is 25.5. The van der Waals surface area contributed by atoms with Gasteiger partial charge in [-0.05, 0) is 18.3 Å². The number of nitrogens with zero attached hydrogens (tertiary/aromatic N) is 1. The Morgan fingerprint density at radius 2 is 1.60 bits per heavy atom. The van der Waals surface area contributed by atoms with Crippen molar-refractivity contribution >= 4 is 21.7 Å². The zero-order chi connectivity index (χ0) is 14.5. The normalized spacial score (nSPS) is 38.1. The van der Waals surface area contributed by atoms with Crippen LogP contribution in [-0.2, 0) is 19.4 Å². The molecule has 1 heterocycles. The Hall–Kier alpha value is -1.37. The van der Waals surface area contributed by atoms with Crippen LogP contribution in [0.5, 0.6) is 0 Å². The van der Waals surface area contributed by atoms with Gasteiger partial charge in [0.1, 0.15) is 0 Å². The monoisotopic (exact) mass is 299 g/mol. The molecule has 0 spiro atoms. The number of allylic oxidation sites excluding steroid dienone is 2. The van der Waals surface area contributed by atoms with Gasteiger partial charge in [0.2, 0.25) is 5.91 Å². The quantitative estimate of drug-likeness (QED) is 0.711. The Morgan fingerprint density at radius 1 is 1.05 bits per heavy atom. The van der Waals surface area contributed by atoms with Gasteiger partial charge in [-0.15, -0.1) is 0 Å². The minimum Gasteiger partial charge on any atom is -0.481 e. The van der Waals surface area contributed by atoms with Crippen LogP contribution in [0.3, 0.4) is 0 Å². The number of carbonyl (C=O) groups is 2. The van der Waals surface area contributed by atoms with Crippen LogP contribution < -0.4 is 0 Å². The van der Waals surface area contributed by atoms with Crippen LogP contribution in [0.1, 0.15) is 6.42 Å². The summed E-state index contributed by atoms with van der Waals surface area (Å²) in [6.45, 7) is 0.371. The molecule has 1 saturated heterocycles. The molecule has 7 heteroatoms. The van der Waals surface area contributed by atoms with Gasteiger partial charge < -0.3 is 10.0 Å². The van der Waals surface area contributed by atoms with Crippen molar-refractivity contribution in [3.63, 3.8) is 0 Å². The molecule has 1 saturated carbocycles. The van der Waals surface area contributed by atoms with Crippen molar-refractivity contribution in [3.05, 3.63) is 12.2 Å². The third-order valence-corrected chi connectivity index (χ3v) is 6.29. The molecule has 3 aliphatic rings. The molecule has 6 nitrogen and oxygen atoms in total. The fourth-order valence-corrected chi connectivity index (χ4v) is 4.84. The van der Waals surface area contributed by atoms with Gasteiger partial charge in [0.05, 0.1) is 23.3 Å². The number of carbonyl (C=O) groups excluding carboxylic acids is 1. The molecule has 0 aromatic rings. The maximum absolute atomic E-state index is 12.6. The number of aliphatic carboxylic acids is 1. The lowest BCUT2D eigenvalue weighted by Crippen LogP contribution is -2.49. The van der Waals surface area contributed by atoms with Gasteiger partial charge in [0, 0.05) is 13.1 Å². The number of sulfone groups is 1. The predicted molar refractivity (Wildman–Crippen MR) is 70.6 cm³/mol. The fourth-order valence-electron chi connectivity index (χ4n) is 3.64. The molecule has 2 aliphatic carbocycles. The highest BCUT2D eigenvalue weighted by atomic mass is 32.2. The van der Waals surface area contributed by atoms with Gasteiger partial charge in [-0.25, -0.2) is 8.42 Å². The number of rotatable bonds is 2. The molecule has 0 aromatic carbocycles. The average molecular weight is 299 g/mol. The van der Waals surface area contributed by atoms with Gasteiger partial charge in [-0.1, -0.05) is 12.2 Å². The lowest BCUT2D eigenvalue weighted by molar-refractivity contribution is -0.150. The topological polar surface area (TPSA) is 91.8 Å². The highest BCUT2D eigenvalue weighted by molar-refractivity contribution is 7.91. The standard InChI is InChI=1S/C13H17NO5S/c15-12(14-3-5-20(18,19)6-4-14)10-8-1-2-9(7-8)11(10)13(16)17/h1-2,8-11H,3-7H2,(H,16,17)/t8?,9?,10-,11+/m0/s1. The summed E-state index contributed by atoms with van der Waals surface area (Å²) < 4.78 is 22.8. The number of carboxylic acids is 1. The maximum atomic E-state index is 12.6. The van der Waals surface area contributed by atoms with Crippen molar-refractivity contribution in [1.82, 2.24) is 4.90 Å². The minimum absolute atomic E-state index is 0.00728. The SMILES string of the molecule is O=C(O)[C@@H]1C2C=CC(C2)[C@@H]1C(=O)N1CCS(=O)(=O)CC1. The zero-order valence-corrected chi connectivity index (χ0v) is 11.8. The molecule has 1 amide bonds. The van der Waals surface area contributed by atoms with E-state index in [1.807, 2.05) is 12.2 Å². The predicted octanol–water partition coefficient (Wildman–Crippen LogP) is -0.234. The Kier molecular flexibility index (Phi) is 3.12. The van der Waals surface area contributed by atoms with E-state index in [2.05, 4.69) is 0 Å². The van der Waals surface area contributed by atoms with Crippen LogP contribution in [0.25, 0.3) is 0 Å². The molecule has 0 radical (unpaired) electrons. The van der Waals surface area contributed by atoms with Gasteiger partial charge >= 0.3 is 5.97 Å². The smallest absolute Gasteiger partial charge is 0.307 e. The molecule has 20 heavy (non-hydrogen) atoms. The van der Waals surface area contributed by atoms with Crippen molar-refractivity contribution in [2.75, 3.05) is 24.6 Å². The van der Waals surface area contributed by atoms with E-state index in [4.69, 9.17) is 0 Å². The van der Waals surface area contributed by atoms with E-state index in [0.717, 1.165) is 6.42 Å². The summed E-state index contributed by atoms with van der Waals surface area (Å²) in [6, 6.07) is 0. The van der Waals surface area contributed by atoms with E-state index in [0.29, 0.717) is 0 Å². The molecule has 0 aromatic heterocycles. The average Bonchev–Trinajstić information content (AvgIpc) is 2.97. The second-order valence-corrected chi connectivity index (χ2v) is 8.12. The molecule has 2 bridgehead atoms. The third-order valence-electron chi connectivity index (χ3n) is 4.69. The lowest BCUT2D eigenvalue weighted by Gasteiger charge is -2.33. The first-order chi connectivity index (χ1) is 9.39. The number of hydrogen-bond acceptors (Lipinski definition) is 4. The molecule has 1 N–H and O–H groups in total. The van der Waals surface area contributed by atoms with Crippen molar-refractivity contribution in [3.8, 4) is 0 Å². The third kappa shape index (κ3) is 2.13. The highest BCUT2D eigenvalue weighted by Gasteiger charge is 2.52. The summed E-state index contributed by atoms with van der Waals surface area (Å²) in [7, 11) is -3.04. The van der Waals surface area contributed by atoms with Crippen molar-refractivity contribution < 1.29 is 23.1 Å². The summed E-state index contributed by atoms with van der Waals surface area (Å²) in [5.41, 5.74) is 0. The fraction of sp³-hybridized carbons (Fsp3) is 0.692. The van der Waals surface area contributed by atoms with Crippen LogP contribution in [0.15, 0.2) is 12.2 Å².